The molecule has 224 valence electrons. The van der Waals surface area contributed by atoms with Gasteiger partial charge < -0.3 is 24.4 Å². The predicted octanol–water partition coefficient (Wildman–Crippen LogP) is 5.82. The van der Waals surface area contributed by atoms with Gasteiger partial charge in [-0.3, -0.25) is 4.79 Å². The van der Waals surface area contributed by atoms with Crippen LogP contribution in [0.4, 0.5) is 5.82 Å². The van der Waals surface area contributed by atoms with Gasteiger partial charge in [0.1, 0.15) is 23.8 Å². The van der Waals surface area contributed by atoms with E-state index < -0.39 is 5.60 Å². The standard InChI is InChI=1S/C35H45N3O4/c1-23-9-7-10-28(33(23)41-22-26-14-13-25-15-18-36-19-16-27(25)24(26)2)30-11-8-12-32(37-30)38-20-17-29(31(21-38)40-6)34(39)42-35(3,4)5/h7-14,29,31,36H,15-22H2,1-6H3/t29-,31-/m1/s1. The van der Waals surface area contributed by atoms with E-state index in [1.165, 1.54) is 22.3 Å². The van der Waals surface area contributed by atoms with Crippen LogP contribution in [0, 0.1) is 19.8 Å². The second-order valence-electron chi connectivity index (χ2n) is 12.5. The van der Waals surface area contributed by atoms with E-state index in [-0.39, 0.29) is 18.0 Å². The average Bonchev–Trinajstić information content (AvgIpc) is 3.22. The fourth-order valence-electron chi connectivity index (χ4n) is 6.12. The van der Waals surface area contributed by atoms with Gasteiger partial charge in [-0.1, -0.05) is 30.3 Å². The topological polar surface area (TPSA) is 72.9 Å². The van der Waals surface area contributed by atoms with Gasteiger partial charge in [0.2, 0.25) is 0 Å². The van der Waals surface area contributed by atoms with Crippen LogP contribution in [0.25, 0.3) is 11.3 Å². The van der Waals surface area contributed by atoms with Crippen LogP contribution < -0.4 is 15.0 Å². The van der Waals surface area contributed by atoms with E-state index in [0.717, 1.165) is 54.3 Å². The van der Waals surface area contributed by atoms with E-state index in [2.05, 4.69) is 54.4 Å². The van der Waals surface area contributed by atoms with Crippen molar-refractivity contribution in [1.29, 1.82) is 0 Å². The van der Waals surface area contributed by atoms with Gasteiger partial charge in [-0.25, -0.2) is 4.98 Å². The number of aryl methyl sites for hydroxylation is 1. The number of hydrogen-bond acceptors (Lipinski definition) is 7. The molecule has 3 aromatic rings. The number of ether oxygens (including phenoxy) is 3. The number of esters is 1. The number of nitrogens with one attached hydrogen (secondary N) is 1. The maximum Gasteiger partial charge on any atom is 0.312 e. The van der Waals surface area contributed by atoms with Crippen LogP contribution in [-0.2, 0) is 33.7 Å². The molecular weight excluding hydrogens is 526 g/mol. The van der Waals surface area contributed by atoms with Gasteiger partial charge in [-0.05, 0) is 113 Å². The highest BCUT2D eigenvalue weighted by atomic mass is 16.6. The van der Waals surface area contributed by atoms with Crippen molar-refractivity contribution in [1.82, 2.24) is 10.3 Å². The first-order chi connectivity index (χ1) is 20.1. The molecule has 7 heteroatoms. The summed E-state index contributed by atoms with van der Waals surface area (Å²) < 4.78 is 18.0. The summed E-state index contributed by atoms with van der Waals surface area (Å²) in [6, 6.07) is 16.8. The lowest BCUT2D eigenvalue weighted by atomic mass is 9.93. The van der Waals surface area contributed by atoms with Crippen molar-refractivity contribution in [3.8, 4) is 17.0 Å². The van der Waals surface area contributed by atoms with Crippen molar-refractivity contribution in [2.45, 2.75) is 72.2 Å². The number of fused-ring (bicyclic) bond motifs is 1. The Hall–Kier alpha value is -3.42. The van der Waals surface area contributed by atoms with E-state index in [0.29, 0.717) is 26.1 Å². The minimum Gasteiger partial charge on any atom is -0.488 e. The van der Waals surface area contributed by atoms with Crippen LogP contribution in [0.1, 0.15) is 55.0 Å². The summed E-state index contributed by atoms with van der Waals surface area (Å²) in [6.07, 6.45) is 2.51. The lowest BCUT2D eigenvalue weighted by Gasteiger charge is -2.38. The SMILES string of the molecule is CO[C@@H]1CN(c2cccc(-c3cccc(C)c3OCc3ccc4c(c3C)CCNCC4)n2)CC[C@H]1C(=O)OC(C)(C)C. The Bertz CT molecular complexity index is 1410. The van der Waals surface area contributed by atoms with Crippen LogP contribution in [0.5, 0.6) is 5.75 Å². The molecule has 0 spiro atoms. The van der Waals surface area contributed by atoms with Gasteiger partial charge in [-0.15, -0.1) is 0 Å². The van der Waals surface area contributed by atoms with E-state index in [4.69, 9.17) is 19.2 Å². The number of carbonyl (C=O) groups is 1. The van der Waals surface area contributed by atoms with Gasteiger partial charge >= 0.3 is 5.97 Å². The van der Waals surface area contributed by atoms with Gasteiger partial charge in [0, 0.05) is 25.8 Å². The van der Waals surface area contributed by atoms with E-state index in [1.54, 1.807) is 7.11 Å². The third-order valence-corrected chi connectivity index (χ3v) is 8.42. The first kappa shape index (κ1) is 30.1. The van der Waals surface area contributed by atoms with Gasteiger partial charge in [0.15, 0.2) is 0 Å². The van der Waals surface area contributed by atoms with Crippen LogP contribution in [0.2, 0.25) is 0 Å². The Morgan fingerprint density at radius 1 is 1.05 bits per heavy atom. The largest absolute Gasteiger partial charge is 0.488 e. The molecule has 5 rings (SSSR count). The zero-order chi connectivity index (χ0) is 29.9. The molecule has 0 saturated carbocycles. The molecule has 3 heterocycles. The number of anilines is 1. The van der Waals surface area contributed by atoms with E-state index in [9.17, 15) is 4.79 Å². The maximum absolute atomic E-state index is 12.9. The van der Waals surface area contributed by atoms with Crippen molar-refractivity contribution in [3.05, 3.63) is 76.3 Å². The lowest BCUT2D eigenvalue weighted by molar-refractivity contribution is -0.165. The molecule has 1 N–H and O–H groups in total. The number of carbonyl (C=O) groups excluding carboxylic acids is 1. The molecule has 1 aromatic heterocycles. The number of rotatable bonds is 7. The monoisotopic (exact) mass is 571 g/mol. The van der Waals surface area contributed by atoms with Gasteiger partial charge in [-0.2, -0.15) is 0 Å². The van der Waals surface area contributed by atoms with Crippen LogP contribution in [0.3, 0.4) is 0 Å². The summed E-state index contributed by atoms with van der Waals surface area (Å²) in [7, 11) is 1.66. The normalized spacial score (nSPS) is 19.1. The van der Waals surface area contributed by atoms with Crippen LogP contribution >= 0.6 is 0 Å². The molecule has 0 radical (unpaired) electrons. The highest BCUT2D eigenvalue weighted by Gasteiger charge is 2.37. The summed E-state index contributed by atoms with van der Waals surface area (Å²) in [5.41, 5.74) is 7.87. The molecule has 0 aliphatic carbocycles. The van der Waals surface area contributed by atoms with Crippen molar-refractivity contribution in [3.63, 3.8) is 0 Å². The Morgan fingerprint density at radius 3 is 2.62 bits per heavy atom. The Kier molecular flexibility index (Phi) is 9.19. The molecule has 7 nitrogen and oxygen atoms in total. The summed E-state index contributed by atoms with van der Waals surface area (Å²) >= 11 is 0. The number of aromatic nitrogens is 1. The third-order valence-electron chi connectivity index (χ3n) is 8.42. The zero-order valence-electron chi connectivity index (χ0n) is 26.0. The van der Waals surface area contributed by atoms with E-state index >= 15 is 0 Å². The number of hydrogen-bond donors (Lipinski definition) is 1. The Morgan fingerprint density at radius 2 is 1.83 bits per heavy atom. The number of para-hydroxylation sites is 1. The molecule has 2 aromatic carbocycles. The number of nitrogens with zero attached hydrogens (tertiary/aromatic N) is 2. The summed E-state index contributed by atoms with van der Waals surface area (Å²) in [4.78, 5) is 20.1. The molecule has 2 aliphatic rings. The molecule has 1 fully saturated rings. The highest BCUT2D eigenvalue weighted by Crippen LogP contribution is 2.35. The highest BCUT2D eigenvalue weighted by molar-refractivity contribution is 5.74. The molecule has 0 unspecified atom stereocenters. The first-order valence-corrected chi connectivity index (χ1v) is 15.2. The number of benzene rings is 2. The molecule has 0 bridgehead atoms. The van der Waals surface area contributed by atoms with Crippen LogP contribution in [-0.4, -0.2) is 55.9 Å². The predicted molar refractivity (Wildman–Crippen MR) is 167 cm³/mol. The van der Waals surface area contributed by atoms with Crippen molar-refractivity contribution >= 4 is 11.8 Å². The van der Waals surface area contributed by atoms with Crippen LogP contribution in [0.15, 0.2) is 48.5 Å². The number of pyridine rings is 1. The Labute approximate surface area is 250 Å². The quantitative estimate of drug-likeness (QED) is 0.359. The second-order valence-corrected chi connectivity index (χ2v) is 12.5. The lowest BCUT2D eigenvalue weighted by Crippen LogP contribution is -2.49. The molecular formula is C35H45N3O4. The summed E-state index contributed by atoms with van der Waals surface area (Å²) in [5, 5.41) is 3.51. The summed E-state index contributed by atoms with van der Waals surface area (Å²) in [6.45, 7) is 13.8. The molecule has 0 amide bonds. The number of piperidine rings is 1. The fraction of sp³-hybridized carbons (Fsp3) is 0.486. The minimum atomic E-state index is -0.522. The molecule has 2 aliphatic heterocycles. The van der Waals surface area contributed by atoms with Gasteiger partial charge in [0.05, 0.1) is 17.7 Å². The fourth-order valence-corrected chi connectivity index (χ4v) is 6.12. The smallest absolute Gasteiger partial charge is 0.312 e. The maximum atomic E-state index is 12.9. The summed E-state index contributed by atoms with van der Waals surface area (Å²) in [5.74, 6) is 1.23. The van der Waals surface area contributed by atoms with Crippen molar-refractivity contribution in [2.24, 2.45) is 5.92 Å². The minimum absolute atomic E-state index is 0.196. The molecule has 1 saturated heterocycles. The van der Waals surface area contributed by atoms with Gasteiger partial charge in [0.25, 0.3) is 0 Å². The zero-order valence-corrected chi connectivity index (χ0v) is 26.0. The van der Waals surface area contributed by atoms with E-state index in [1.807, 2.05) is 39.0 Å². The number of methoxy groups -OCH3 is 1. The molecule has 42 heavy (non-hydrogen) atoms. The third kappa shape index (κ3) is 6.79. The average molecular weight is 572 g/mol. The second kappa shape index (κ2) is 12.8. The first-order valence-electron chi connectivity index (χ1n) is 15.2. The molecule has 2 atom stereocenters. The Balaban J connectivity index is 1.35. The van der Waals surface area contributed by atoms with Crippen molar-refractivity contribution < 1.29 is 19.0 Å². The van der Waals surface area contributed by atoms with Crippen molar-refractivity contribution in [2.75, 3.05) is 38.2 Å².